The van der Waals surface area contributed by atoms with Gasteiger partial charge in [0.25, 0.3) is 5.91 Å². The summed E-state index contributed by atoms with van der Waals surface area (Å²) in [7, 11) is 0. The van der Waals surface area contributed by atoms with Crippen LogP contribution in [0.4, 0.5) is 0 Å². The van der Waals surface area contributed by atoms with Gasteiger partial charge in [-0.15, -0.1) is 0 Å². The molecule has 0 radical (unpaired) electrons. The third-order valence-electron chi connectivity index (χ3n) is 2.54. The van der Waals surface area contributed by atoms with Gasteiger partial charge in [-0.05, 0) is 18.9 Å². The molecule has 2 nitrogen and oxygen atoms in total. The molecule has 14 heavy (non-hydrogen) atoms. The number of rotatable bonds is 7. The number of carbonyl (C=O) groups excluding carboxylic acids is 1. The Bertz CT molecular complexity index is 241. The minimum absolute atomic E-state index is 0.0291. The SMILES string of the molecule is CCCCCCCCC1=CC=NC1=O. The van der Waals surface area contributed by atoms with E-state index < -0.39 is 0 Å². The predicted molar refractivity (Wildman–Crippen MR) is 59.6 cm³/mol. The lowest BCUT2D eigenvalue weighted by atomic mass is 10.1. The summed E-state index contributed by atoms with van der Waals surface area (Å²) in [5, 5.41) is 0. The van der Waals surface area contributed by atoms with Gasteiger partial charge in [-0.1, -0.05) is 39.0 Å². The minimum atomic E-state index is -0.0291. The maximum absolute atomic E-state index is 11.1. The zero-order valence-corrected chi connectivity index (χ0v) is 8.96. The lowest BCUT2D eigenvalue weighted by Gasteiger charge is -2.00. The number of carbonyl (C=O) groups is 1. The highest BCUT2D eigenvalue weighted by atomic mass is 16.1. The van der Waals surface area contributed by atoms with Crippen LogP contribution in [0.1, 0.15) is 51.9 Å². The number of allylic oxidation sites excluding steroid dienone is 1. The lowest BCUT2D eigenvalue weighted by Crippen LogP contribution is -1.94. The van der Waals surface area contributed by atoms with E-state index in [0.717, 1.165) is 18.4 Å². The summed E-state index contributed by atoms with van der Waals surface area (Å²) >= 11 is 0. The molecule has 0 saturated carbocycles. The fraction of sp³-hybridized carbons (Fsp3) is 0.667. The molecule has 1 heterocycles. The fourth-order valence-corrected chi connectivity index (χ4v) is 1.64. The molecule has 78 valence electrons. The van der Waals surface area contributed by atoms with Crippen molar-refractivity contribution >= 4 is 12.1 Å². The summed E-state index contributed by atoms with van der Waals surface area (Å²) in [5.74, 6) is -0.0291. The van der Waals surface area contributed by atoms with Gasteiger partial charge in [0.15, 0.2) is 0 Å². The van der Waals surface area contributed by atoms with Crippen molar-refractivity contribution in [3.63, 3.8) is 0 Å². The Morgan fingerprint density at radius 3 is 2.50 bits per heavy atom. The first kappa shape index (κ1) is 11.2. The third kappa shape index (κ3) is 3.86. The van der Waals surface area contributed by atoms with E-state index in [-0.39, 0.29) is 5.91 Å². The number of nitrogens with zero attached hydrogens (tertiary/aromatic N) is 1. The van der Waals surface area contributed by atoms with Crippen molar-refractivity contribution in [2.75, 3.05) is 0 Å². The van der Waals surface area contributed by atoms with Crippen LogP contribution in [0.5, 0.6) is 0 Å². The number of hydrogen-bond donors (Lipinski definition) is 0. The molecule has 0 N–H and O–H groups in total. The molecule has 1 aliphatic heterocycles. The van der Waals surface area contributed by atoms with Crippen LogP contribution in [-0.2, 0) is 4.79 Å². The van der Waals surface area contributed by atoms with Crippen LogP contribution in [-0.4, -0.2) is 12.1 Å². The minimum Gasteiger partial charge on any atom is -0.267 e. The average molecular weight is 193 g/mol. The molecule has 0 aromatic rings. The average Bonchev–Trinajstić information content (AvgIpc) is 2.58. The molecule has 0 unspecified atom stereocenters. The van der Waals surface area contributed by atoms with E-state index in [4.69, 9.17) is 0 Å². The van der Waals surface area contributed by atoms with E-state index >= 15 is 0 Å². The Hall–Kier alpha value is -0.920. The highest BCUT2D eigenvalue weighted by Crippen LogP contribution is 2.14. The summed E-state index contributed by atoms with van der Waals surface area (Å²) in [4.78, 5) is 14.8. The van der Waals surface area contributed by atoms with E-state index in [9.17, 15) is 4.79 Å². The zero-order valence-electron chi connectivity index (χ0n) is 8.96. The summed E-state index contributed by atoms with van der Waals surface area (Å²) in [6.07, 6.45) is 12.0. The number of unbranched alkanes of at least 4 members (excludes halogenated alkanes) is 5. The van der Waals surface area contributed by atoms with Crippen LogP contribution in [0.15, 0.2) is 16.6 Å². The molecule has 0 aliphatic carbocycles. The summed E-state index contributed by atoms with van der Waals surface area (Å²) in [5.41, 5.74) is 0.889. The maximum Gasteiger partial charge on any atom is 0.272 e. The van der Waals surface area contributed by atoms with Crippen molar-refractivity contribution < 1.29 is 4.79 Å². The van der Waals surface area contributed by atoms with E-state index in [1.165, 1.54) is 32.1 Å². The van der Waals surface area contributed by atoms with Gasteiger partial charge in [-0.3, -0.25) is 4.79 Å². The van der Waals surface area contributed by atoms with Crippen molar-refractivity contribution in [3.8, 4) is 0 Å². The van der Waals surface area contributed by atoms with Gasteiger partial charge >= 0.3 is 0 Å². The second-order valence-electron chi connectivity index (χ2n) is 3.79. The monoisotopic (exact) mass is 193 g/mol. The van der Waals surface area contributed by atoms with Crippen LogP contribution >= 0.6 is 0 Å². The molecule has 0 atom stereocenters. The summed E-state index contributed by atoms with van der Waals surface area (Å²) in [6.45, 7) is 2.22. The first-order chi connectivity index (χ1) is 6.84. The lowest BCUT2D eigenvalue weighted by molar-refractivity contribution is -0.114. The van der Waals surface area contributed by atoms with Crippen LogP contribution in [0.2, 0.25) is 0 Å². The van der Waals surface area contributed by atoms with E-state index in [1.807, 2.05) is 6.08 Å². The maximum atomic E-state index is 11.1. The molecule has 0 saturated heterocycles. The van der Waals surface area contributed by atoms with Crippen molar-refractivity contribution in [1.29, 1.82) is 0 Å². The van der Waals surface area contributed by atoms with Crippen molar-refractivity contribution in [1.82, 2.24) is 0 Å². The van der Waals surface area contributed by atoms with Crippen molar-refractivity contribution in [3.05, 3.63) is 11.6 Å². The first-order valence-electron chi connectivity index (χ1n) is 5.62. The number of hydrogen-bond acceptors (Lipinski definition) is 1. The first-order valence-corrected chi connectivity index (χ1v) is 5.62. The molecule has 2 heteroatoms. The van der Waals surface area contributed by atoms with Gasteiger partial charge in [-0.25, -0.2) is 4.99 Å². The van der Waals surface area contributed by atoms with Gasteiger partial charge in [0.2, 0.25) is 0 Å². The predicted octanol–water partition coefficient (Wildman–Crippen LogP) is 3.27. The van der Waals surface area contributed by atoms with Crippen LogP contribution < -0.4 is 0 Å². The largest absolute Gasteiger partial charge is 0.272 e. The van der Waals surface area contributed by atoms with Crippen LogP contribution in [0.25, 0.3) is 0 Å². The number of aliphatic imine (C=N–C) groups is 1. The Morgan fingerprint density at radius 1 is 1.14 bits per heavy atom. The molecule has 1 aliphatic rings. The smallest absolute Gasteiger partial charge is 0.267 e. The standard InChI is InChI=1S/C12H19NO/c1-2-3-4-5-6-7-8-11-9-10-13-12(11)14/h9-10H,2-8H2,1H3. The van der Waals surface area contributed by atoms with Crippen molar-refractivity contribution in [2.45, 2.75) is 51.9 Å². The van der Waals surface area contributed by atoms with E-state index in [0.29, 0.717) is 0 Å². The van der Waals surface area contributed by atoms with Gasteiger partial charge < -0.3 is 0 Å². The van der Waals surface area contributed by atoms with Gasteiger partial charge in [-0.2, -0.15) is 0 Å². The Labute approximate surface area is 86.1 Å². The van der Waals surface area contributed by atoms with Crippen LogP contribution in [0, 0.1) is 0 Å². The molecule has 0 aromatic carbocycles. The third-order valence-corrected chi connectivity index (χ3v) is 2.54. The second-order valence-corrected chi connectivity index (χ2v) is 3.79. The number of amides is 1. The molecule has 1 amide bonds. The van der Waals surface area contributed by atoms with Gasteiger partial charge in [0.05, 0.1) is 0 Å². The highest BCUT2D eigenvalue weighted by molar-refractivity contribution is 6.07. The molecular formula is C12H19NO. The summed E-state index contributed by atoms with van der Waals surface area (Å²) in [6, 6.07) is 0. The Morgan fingerprint density at radius 2 is 1.86 bits per heavy atom. The fourth-order valence-electron chi connectivity index (χ4n) is 1.64. The molecular weight excluding hydrogens is 174 g/mol. The van der Waals surface area contributed by atoms with Gasteiger partial charge in [0.1, 0.15) is 0 Å². The normalized spacial score (nSPS) is 14.9. The molecule has 0 spiro atoms. The second kappa shape index (κ2) is 6.52. The Kier molecular flexibility index (Phi) is 5.20. The zero-order chi connectivity index (χ0) is 10.2. The van der Waals surface area contributed by atoms with E-state index in [1.54, 1.807) is 6.21 Å². The van der Waals surface area contributed by atoms with E-state index in [2.05, 4.69) is 11.9 Å². The van der Waals surface area contributed by atoms with Crippen LogP contribution in [0.3, 0.4) is 0 Å². The molecule has 0 fully saturated rings. The van der Waals surface area contributed by atoms with Crippen molar-refractivity contribution in [2.24, 2.45) is 4.99 Å². The summed E-state index contributed by atoms with van der Waals surface area (Å²) < 4.78 is 0. The quantitative estimate of drug-likeness (QED) is 0.570. The topological polar surface area (TPSA) is 29.4 Å². The van der Waals surface area contributed by atoms with Gasteiger partial charge in [0, 0.05) is 11.8 Å². The molecule has 0 aromatic heterocycles. The molecule has 0 bridgehead atoms. The molecule has 1 rings (SSSR count). The Balaban J connectivity index is 1.97. The highest BCUT2D eigenvalue weighted by Gasteiger charge is 2.09.